The summed E-state index contributed by atoms with van der Waals surface area (Å²) in [5.74, 6) is 1.39. The van der Waals surface area contributed by atoms with Crippen molar-refractivity contribution in [2.45, 2.75) is 0 Å². The number of aromatic nitrogens is 2. The molecule has 0 spiro atoms. The van der Waals surface area contributed by atoms with E-state index < -0.39 is 0 Å². The molecular formula is C15H10N2O3. The lowest BCUT2D eigenvalue weighted by Gasteiger charge is -2.05. The van der Waals surface area contributed by atoms with E-state index in [2.05, 4.69) is 4.98 Å². The third kappa shape index (κ3) is 1.64. The lowest BCUT2D eigenvalue weighted by atomic mass is 10.1. The Morgan fingerprint density at radius 2 is 1.95 bits per heavy atom. The fraction of sp³-hybridized carbons (Fsp3) is 0.0667. The molecular weight excluding hydrogens is 256 g/mol. The van der Waals surface area contributed by atoms with Crippen molar-refractivity contribution in [2.75, 3.05) is 6.79 Å². The third-order valence-electron chi connectivity index (χ3n) is 3.24. The van der Waals surface area contributed by atoms with E-state index in [1.54, 1.807) is 18.3 Å². The average Bonchev–Trinajstić information content (AvgIpc) is 2.94. The van der Waals surface area contributed by atoms with Gasteiger partial charge in [-0.05, 0) is 30.3 Å². The van der Waals surface area contributed by atoms with Crippen LogP contribution in [-0.4, -0.2) is 16.2 Å². The predicted octanol–water partition coefficient (Wildman–Crippen LogP) is 2.09. The number of pyridine rings is 1. The minimum absolute atomic E-state index is 0.108. The van der Waals surface area contributed by atoms with Crippen molar-refractivity contribution in [1.82, 2.24) is 9.38 Å². The number of hydrogen-bond donors (Lipinski definition) is 0. The lowest BCUT2D eigenvalue weighted by molar-refractivity contribution is 0.174. The summed E-state index contributed by atoms with van der Waals surface area (Å²) in [4.78, 5) is 16.6. The molecule has 5 heteroatoms. The first-order chi connectivity index (χ1) is 9.81. The van der Waals surface area contributed by atoms with Gasteiger partial charge in [-0.15, -0.1) is 0 Å². The zero-order valence-electron chi connectivity index (χ0n) is 10.4. The summed E-state index contributed by atoms with van der Waals surface area (Å²) in [6.07, 6.45) is 1.70. The Bertz CT molecular complexity index is 870. The minimum Gasteiger partial charge on any atom is -0.454 e. The summed E-state index contributed by atoms with van der Waals surface area (Å²) in [6, 6.07) is 12.5. The zero-order valence-corrected chi connectivity index (χ0v) is 10.4. The van der Waals surface area contributed by atoms with E-state index in [1.807, 2.05) is 24.3 Å². The first-order valence-electron chi connectivity index (χ1n) is 6.20. The van der Waals surface area contributed by atoms with Crippen LogP contribution in [0.5, 0.6) is 11.5 Å². The van der Waals surface area contributed by atoms with Gasteiger partial charge < -0.3 is 9.47 Å². The van der Waals surface area contributed by atoms with E-state index in [0.29, 0.717) is 22.8 Å². The number of fused-ring (bicyclic) bond motifs is 2. The SMILES string of the molecule is O=c1cc(-c2ccc3c(c2)OCO3)nc2ccccn12. The van der Waals surface area contributed by atoms with Gasteiger partial charge in [0.2, 0.25) is 6.79 Å². The molecule has 5 nitrogen and oxygen atoms in total. The third-order valence-corrected chi connectivity index (χ3v) is 3.24. The Hall–Kier alpha value is -2.82. The van der Waals surface area contributed by atoms with Crippen LogP contribution in [0, 0.1) is 0 Å². The molecule has 1 aromatic carbocycles. The van der Waals surface area contributed by atoms with Gasteiger partial charge in [0.1, 0.15) is 5.65 Å². The summed E-state index contributed by atoms with van der Waals surface area (Å²) < 4.78 is 12.1. The molecule has 0 aliphatic carbocycles. The van der Waals surface area contributed by atoms with Gasteiger partial charge in [0.15, 0.2) is 11.5 Å². The minimum atomic E-state index is -0.108. The Balaban J connectivity index is 1.92. The molecule has 0 saturated heterocycles. The topological polar surface area (TPSA) is 52.8 Å². The fourth-order valence-electron chi connectivity index (χ4n) is 2.26. The molecule has 0 amide bonds. The summed E-state index contributed by atoms with van der Waals surface area (Å²) in [5.41, 5.74) is 1.97. The van der Waals surface area contributed by atoms with E-state index in [4.69, 9.17) is 9.47 Å². The summed E-state index contributed by atoms with van der Waals surface area (Å²) in [6.45, 7) is 0.229. The van der Waals surface area contributed by atoms with Crippen LogP contribution in [0.2, 0.25) is 0 Å². The molecule has 20 heavy (non-hydrogen) atoms. The van der Waals surface area contributed by atoms with Crippen LogP contribution < -0.4 is 15.0 Å². The smallest absolute Gasteiger partial charge is 0.258 e. The zero-order chi connectivity index (χ0) is 13.5. The van der Waals surface area contributed by atoms with Crippen LogP contribution in [-0.2, 0) is 0 Å². The normalized spacial score (nSPS) is 12.8. The van der Waals surface area contributed by atoms with Gasteiger partial charge in [-0.3, -0.25) is 9.20 Å². The number of ether oxygens (including phenoxy) is 2. The van der Waals surface area contributed by atoms with Gasteiger partial charge >= 0.3 is 0 Å². The van der Waals surface area contributed by atoms with E-state index in [-0.39, 0.29) is 12.4 Å². The molecule has 0 unspecified atom stereocenters. The highest BCUT2D eigenvalue weighted by atomic mass is 16.7. The van der Waals surface area contributed by atoms with Gasteiger partial charge in [-0.2, -0.15) is 0 Å². The quantitative estimate of drug-likeness (QED) is 0.676. The number of benzene rings is 1. The van der Waals surface area contributed by atoms with Gasteiger partial charge in [-0.1, -0.05) is 6.07 Å². The monoisotopic (exact) mass is 266 g/mol. The predicted molar refractivity (Wildman–Crippen MR) is 73.0 cm³/mol. The maximum absolute atomic E-state index is 12.1. The Morgan fingerprint density at radius 1 is 1.05 bits per heavy atom. The molecule has 1 aliphatic heterocycles. The van der Waals surface area contributed by atoms with Gasteiger partial charge in [0, 0.05) is 17.8 Å². The van der Waals surface area contributed by atoms with Crippen LogP contribution in [0.3, 0.4) is 0 Å². The number of rotatable bonds is 1. The molecule has 3 heterocycles. The molecule has 0 radical (unpaired) electrons. The van der Waals surface area contributed by atoms with Crippen molar-refractivity contribution in [3.63, 3.8) is 0 Å². The second kappa shape index (κ2) is 4.09. The molecule has 0 fully saturated rings. The molecule has 98 valence electrons. The highest BCUT2D eigenvalue weighted by Gasteiger charge is 2.14. The van der Waals surface area contributed by atoms with Gasteiger partial charge in [0.05, 0.1) is 5.69 Å². The molecule has 2 aromatic heterocycles. The summed E-state index contributed by atoms with van der Waals surface area (Å²) in [7, 11) is 0. The van der Waals surface area contributed by atoms with Crippen LogP contribution in [0.1, 0.15) is 0 Å². The molecule has 4 rings (SSSR count). The average molecular weight is 266 g/mol. The number of hydrogen-bond acceptors (Lipinski definition) is 4. The van der Waals surface area contributed by atoms with Crippen molar-refractivity contribution in [2.24, 2.45) is 0 Å². The number of nitrogens with zero attached hydrogens (tertiary/aromatic N) is 2. The standard InChI is InChI=1S/C15H10N2O3/c18-15-8-11(16-14-3-1-2-6-17(14)15)10-4-5-12-13(7-10)20-9-19-12/h1-8H,9H2. The second-order valence-corrected chi connectivity index (χ2v) is 4.48. The van der Waals surface area contributed by atoms with Crippen LogP contribution in [0.25, 0.3) is 16.9 Å². The van der Waals surface area contributed by atoms with E-state index in [9.17, 15) is 4.79 Å². The Labute approximate surface area is 114 Å². The largest absolute Gasteiger partial charge is 0.454 e. The maximum Gasteiger partial charge on any atom is 0.258 e. The molecule has 3 aromatic rings. The molecule has 0 saturated carbocycles. The van der Waals surface area contributed by atoms with Crippen LogP contribution >= 0.6 is 0 Å². The van der Waals surface area contributed by atoms with E-state index in [0.717, 1.165) is 5.56 Å². The fourth-order valence-corrected chi connectivity index (χ4v) is 2.26. The van der Waals surface area contributed by atoms with Crippen molar-refractivity contribution < 1.29 is 9.47 Å². The Morgan fingerprint density at radius 3 is 2.90 bits per heavy atom. The van der Waals surface area contributed by atoms with Crippen molar-refractivity contribution in [3.8, 4) is 22.8 Å². The van der Waals surface area contributed by atoms with Gasteiger partial charge in [0.25, 0.3) is 5.56 Å². The second-order valence-electron chi connectivity index (χ2n) is 4.48. The Kier molecular flexibility index (Phi) is 2.26. The molecule has 0 bridgehead atoms. The summed E-state index contributed by atoms with van der Waals surface area (Å²) >= 11 is 0. The molecule has 0 N–H and O–H groups in total. The van der Waals surface area contributed by atoms with E-state index >= 15 is 0 Å². The first-order valence-corrected chi connectivity index (χ1v) is 6.20. The van der Waals surface area contributed by atoms with Crippen LogP contribution in [0.15, 0.2) is 53.5 Å². The first kappa shape index (κ1) is 11.0. The van der Waals surface area contributed by atoms with Gasteiger partial charge in [-0.25, -0.2) is 4.98 Å². The molecule has 0 atom stereocenters. The van der Waals surface area contributed by atoms with Crippen LogP contribution in [0.4, 0.5) is 0 Å². The highest BCUT2D eigenvalue weighted by Crippen LogP contribution is 2.35. The highest BCUT2D eigenvalue weighted by molar-refractivity contribution is 5.65. The molecule has 1 aliphatic rings. The van der Waals surface area contributed by atoms with Crippen molar-refractivity contribution >= 4 is 5.65 Å². The van der Waals surface area contributed by atoms with Crippen molar-refractivity contribution in [1.29, 1.82) is 0 Å². The van der Waals surface area contributed by atoms with E-state index in [1.165, 1.54) is 10.5 Å². The summed E-state index contributed by atoms with van der Waals surface area (Å²) in [5, 5.41) is 0. The maximum atomic E-state index is 12.1. The van der Waals surface area contributed by atoms with Crippen molar-refractivity contribution in [3.05, 3.63) is 59.0 Å². The lowest BCUT2D eigenvalue weighted by Crippen LogP contribution is -2.13.